The molecule has 118 valence electrons. The van der Waals surface area contributed by atoms with Crippen LogP contribution in [0.5, 0.6) is 0 Å². The molecule has 0 unspecified atom stereocenters. The number of rotatable bonds is 4. The molecule has 2 aromatic rings. The van der Waals surface area contributed by atoms with Crippen LogP contribution in [0.1, 0.15) is 30.4 Å². The van der Waals surface area contributed by atoms with Gasteiger partial charge in [0.25, 0.3) is 0 Å². The van der Waals surface area contributed by atoms with Crippen LogP contribution in [-0.2, 0) is 11.2 Å². The van der Waals surface area contributed by atoms with E-state index in [1.165, 1.54) is 0 Å². The zero-order valence-electron chi connectivity index (χ0n) is 13.4. The summed E-state index contributed by atoms with van der Waals surface area (Å²) in [5.41, 5.74) is 5.95. The molecule has 0 fully saturated rings. The summed E-state index contributed by atoms with van der Waals surface area (Å²) >= 11 is 0. The van der Waals surface area contributed by atoms with Crippen LogP contribution >= 0.6 is 0 Å². The zero-order chi connectivity index (χ0) is 16.4. The Kier molecular flexibility index (Phi) is 3.91. The van der Waals surface area contributed by atoms with Gasteiger partial charge in [0.15, 0.2) is 5.78 Å². The number of Topliss-reactive ketones (excluding diaryl/α,β-unsaturated/α-hetero) is 1. The third-order valence-electron chi connectivity index (χ3n) is 4.45. The number of ketones is 1. The quantitative estimate of drug-likeness (QED) is 0.816. The van der Waals surface area contributed by atoms with E-state index in [0.29, 0.717) is 18.6 Å². The average molecular weight is 314 g/mol. The highest BCUT2D eigenvalue weighted by Gasteiger charge is 2.20. The number of benzene rings is 2. The minimum absolute atomic E-state index is 0.142. The molecular weight excluding hydrogens is 296 g/mol. The summed E-state index contributed by atoms with van der Waals surface area (Å²) in [6.45, 7) is 0. The maximum atomic E-state index is 12.3. The van der Waals surface area contributed by atoms with E-state index in [1.54, 1.807) is 0 Å². The van der Waals surface area contributed by atoms with E-state index in [-0.39, 0.29) is 5.78 Å². The van der Waals surface area contributed by atoms with Crippen molar-refractivity contribution < 1.29 is 4.79 Å². The highest BCUT2D eigenvalue weighted by Crippen LogP contribution is 2.27. The van der Waals surface area contributed by atoms with Crippen LogP contribution in [0.25, 0.3) is 5.70 Å². The Bertz CT molecular complexity index is 876. The van der Waals surface area contributed by atoms with Gasteiger partial charge in [-0.15, -0.1) is 0 Å². The minimum atomic E-state index is 0.142. The summed E-state index contributed by atoms with van der Waals surface area (Å²) < 4.78 is 0. The standard InChI is InChI=1S/C21H18N2O/c24-21-14-16-8-4-5-9-18(16)23-20(21)13-11-17-10-12-19(22-17)15-6-2-1-3-7-15/h1-9,12H,10-11,13-14H2. The Morgan fingerprint density at radius 3 is 2.54 bits per heavy atom. The van der Waals surface area contributed by atoms with Crippen molar-refractivity contribution in [3.05, 3.63) is 71.8 Å². The van der Waals surface area contributed by atoms with E-state index in [4.69, 9.17) is 4.99 Å². The first-order valence-corrected chi connectivity index (χ1v) is 8.30. The van der Waals surface area contributed by atoms with Crippen LogP contribution in [0, 0.1) is 0 Å². The summed E-state index contributed by atoms with van der Waals surface area (Å²) in [6, 6.07) is 18.1. The van der Waals surface area contributed by atoms with E-state index in [9.17, 15) is 4.79 Å². The number of carbonyl (C=O) groups excluding carboxylic acids is 1. The summed E-state index contributed by atoms with van der Waals surface area (Å²) in [4.78, 5) is 21.5. The van der Waals surface area contributed by atoms with Gasteiger partial charge < -0.3 is 0 Å². The second-order valence-electron chi connectivity index (χ2n) is 6.12. The molecule has 0 aromatic heterocycles. The zero-order valence-corrected chi connectivity index (χ0v) is 13.4. The van der Waals surface area contributed by atoms with Crippen molar-refractivity contribution in [3.8, 4) is 0 Å². The first-order valence-electron chi connectivity index (χ1n) is 8.30. The van der Waals surface area contributed by atoms with Crippen molar-refractivity contribution in [2.24, 2.45) is 9.98 Å². The Balaban J connectivity index is 1.45. The van der Waals surface area contributed by atoms with Gasteiger partial charge in [0.05, 0.1) is 17.1 Å². The normalized spacial score (nSPS) is 16.3. The number of nitrogens with zero attached hydrogens (tertiary/aromatic N) is 2. The largest absolute Gasteiger partial charge is 0.292 e. The van der Waals surface area contributed by atoms with Gasteiger partial charge in [-0.05, 0) is 30.0 Å². The smallest absolute Gasteiger partial charge is 0.181 e. The Morgan fingerprint density at radius 1 is 0.875 bits per heavy atom. The van der Waals surface area contributed by atoms with Crippen molar-refractivity contribution in [1.82, 2.24) is 0 Å². The van der Waals surface area contributed by atoms with Gasteiger partial charge in [0, 0.05) is 18.6 Å². The van der Waals surface area contributed by atoms with Crippen molar-refractivity contribution in [2.45, 2.75) is 25.7 Å². The second-order valence-corrected chi connectivity index (χ2v) is 6.12. The second kappa shape index (κ2) is 6.36. The number of para-hydroxylation sites is 1. The SMILES string of the molecule is O=C1Cc2ccccc2N=C1CCC1=NC(c2ccccc2)=CC1. The Hall–Kier alpha value is -2.81. The van der Waals surface area contributed by atoms with Gasteiger partial charge in [-0.1, -0.05) is 54.6 Å². The predicted molar refractivity (Wildman–Crippen MR) is 98.0 cm³/mol. The van der Waals surface area contributed by atoms with Crippen LogP contribution in [0.4, 0.5) is 5.69 Å². The molecule has 2 aromatic carbocycles. The third kappa shape index (κ3) is 2.98. The molecule has 0 bridgehead atoms. The van der Waals surface area contributed by atoms with Crippen LogP contribution in [0.15, 0.2) is 70.7 Å². The predicted octanol–water partition coefficient (Wildman–Crippen LogP) is 4.55. The molecule has 0 aliphatic carbocycles. The molecule has 0 atom stereocenters. The summed E-state index contributed by atoms with van der Waals surface area (Å²) in [5.74, 6) is 0.142. The molecule has 3 heteroatoms. The van der Waals surface area contributed by atoms with Crippen LogP contribution < -0.4 is 0 Å². The summed E-state index contributed by atoms with van der Waals surface area (Å²) in [5, 5.41) is 0. The van der Waals surface area contributed by atoms with Gasteiger partial charge in [-0.2, -0.15) is 0 Å². The van der Waals surface area contributed by atoms with Crippen molar-refractivity contribution in [1.29, 1.82) is 0 Å². The lowest BCUT2D eigenvalue weighted by molar-refractivity contribution is -0.112. The molecule has 0 saturated carbocycles. The van der Waals surface area contributed by atoms with Gasteiger partial charge in [0.1, 0.15) is 0 Å². The van der Waals surface area contributed by atoms with E-state index >= 15 is 0 Å². The van der Waals surface area contributed by atoms with Gasteiger partial charge in [-0.3, -0.25) is 9.79 Å². The number of hydrogen-bond acceptors (Lipinski definition) is 3. The van der Waals surface area contributed by atoms with Crippen molar-refractivity contribution in [2.75, 3.05) is 0 Å². The Morgan fingerprint density at radius 2 is 1.67 bits per heavy atom. The van der Waals surface area contributed by atoms with Gasteiger partial charge in [-0.25, -0.2) is 4.99 Å². The highest BCUT2D eigenvalue weighted by atomic mass is 16.1. The molecule has 0 amide bonds. The number of allylic oxidation sites excluding steroid dienone is 1. The summed E-state index contributed by atoms with van der Waals surface area (Å²) in [6.07, 6.45) is 4.95. The number of hydrogen-bond donors (Lipinski definition) is 0. The first kappa shape index (κ1) is 14.8. The molecule has 3 nitrogen and oxygen atoms in total. The monoisotopic (exact) mass is 314 g/mol. The molecule has 0 spiro atoms. The number of carbonyl (C=O) groups is 1. The molecule has 0 radical (unpaired) electrons. The number of aliphatic imine (C=N–C) groups is 2. The minimum Gasteiger partial charge on any atom is -0.292 e. The molecule has 2 heterocycles. The fourth-order valence-electron chi connectivity index (χ4n) is 3.14. The van der Waals surface area contributed by atoms with Crippen molar-refractivity contribution >= 4 is 28.6 Å². The van der Waals surface area contributed by atoms with E-state index < -0.39 is 0 Å². The van der Waals surface area contributed by atoms with Crippen LogP contribution in [0.3, 0.4) is 0 Å². The fourth-order valence-corrected chi connectivity index (χ4v) is 3.14. The molecule has 2 aliphatic heterocycles. The number of fused-ring (bicyclic) bond motifs is 1. The molecule has 24 heavy (non-hydrogen) atoms. The third-order valence-corrected chi connectivity index (χ3v) is 4.45. The average Bonchev–Trinajstić information content (AvgIpc) is 3.10. The van der Waals surface area contributed by atoms with Crippen molar-refractivity contribution in [3.63, 3.8) is 0 Å². The molecule has 2 aliphatic rings. The van der Waals surface area contributed by atoms with E-state index in [1.807, 2.05) is 42.5 Å². The Labute approximate surface area is 141 Å². The maximum absolute atomic E-state index is 12.3. The maximum Gasteiger partial charge on any atom is 0.181 e. The molecule has 0 N–H and O–H groups in total. The highest BCUT2D eigenvalue weighted by molar-refractivity contribution is 6.42. The summed E-state index contributed by atoms with van der Waals surface area (Å²) in [7, 11) is 0. The lowest BCUT2D eigenvalue weighted by Crippen LogP contribution is -2.20. The topological polar surface area (TPSA) is 41.8 Å². The lowest BCUT2D eigenvalue weighted by atomic mass is 9.97. The van der Waals surface area contributed by atoms with Gasteiger partial charge in [0.2, 0.25) is 0 Å². The lowest BCUT2D eigenvalue weighted by Gasteiger charge is -2.14. The van der Waals surface area contributed by atoms with Gasteiger partial charge >= 0.3 is 0 Å². The van der Waals surface area contributed by atoms with E-state index in [2.05, 4.69) is 23.2 Å². The fraction of sp³-hybridized carbons (Fsp3) is 0.190. The van der Waals surface area contributed by atoms with Crippen LogP contribution in [0.2, 0.25) is 0 Å². The molecule has 4 rings (SSSR count). The first-order chi connectivity index (χ1) is 11.8. The molecule has 0 saturated heterocycles. The van der Waals surface area contributed by atoms with E-state index in [0.717, 1.165) is 41.1 Å². The van der Waals surface area contributed by atoms with Crippen LogP contribution in [-0.4, -0.2) is 17.2 Å². The molecular formula is C21H18N2O.